The van der Waals surface area contributed by atoms with E-state index in [-0.39, 0.29) is 51.4 Å². The van der Waals surface area contributed by atoms with Crippen molar-refractivity contribution in [3.05, 3.63) is 0 Å². The summed E-state index contributed by atoms with van der Waals surface area (Å²) in [5.74, 6) is 0. The van der Waals surface area contributed by atoms with E-state index in [0.717, 1.165) is 0 Å². The van der Waals surface area contributed by atoms with Crippen molar-refractivity contribution in [2.24, 2.45) is 0 Å². The van der Waals surface area contributed by atoms with Gasteiger partial charge in [-0.05, 0) is 0 Å². The van der Waals surface area contributed by atoms with Gasteiger partial charge in [-0.25, -0.2) is 0 Å². The van der Waals surface area contributed by atoms with Crippen LogP contribution in [0.3, 0.4) is 0 Å². The topological polar surface area (TPSA) is 0 Å². The third-order valence-electron chi connectivity index (χ3n) is 1.22. The molecule has 0 nitrogen and oxygen atoms in total. The summed E-state index contributed by atoms with van der Waals surface area (Å²) in [6.07, 6.45) is -0.546. The average molecular weight is 208 g/mol. The molecule has 62 valence electrons. The van der Waals surface area contributed by atoms with Crippen LogP contribution in [-0.2, 0) is 0 Å². The van der Waals surface area contributed by atoms with Crippen molar-refractivity contribution in [3.63, 3.8) is 0 Å². The van der Waals surface area contributed by atoms with E-state index in [4.69, 9.17) is 0 Å². The molecule has 0 aliphatic rings. The molecule has 0 unspecified atom stereocenters. The maximum atomic E-state index is 11.7. The van der Waals surface area contributed by atoms with Crippen molar-refractivity contribution < 1.29 is 64.3 Å². The Morgan fingerprint density at radius 1 is 1.09 bits per heavy atom. The summed E-state index contributed by atoms with van der Waals surface area (Å²) in [5.41, 5.74) is 0. The average Bonchev–Trinajstić information content (AvgIpc) is 1.57. The SMILES string of the molecule is C[Si](C)(C)CC[B-](F)(F)F.[K+]. The predicted octanol–water partition coefficient (Wildman–Crippen LogP) is 0.176. The number of halogens is 3. The molecule has 0 aromatic rings. The Labute approximate surface area is 110 Å². The van der Waals surface area contributed by atoms with E-state index in [1.54, 1.807) is 0 Å². The summed E-state index contributed by atoms with van der Waals surface area (Å²) in [5, 5.41) is 0. The van der Waals surface area contributed by atoms with Crippen molar-refractivity contribution in [2.45, 2.75) is 32.0 Å². The van der Waals surface area contributed by atoms with Gasteiger partial charge >= 0.3 is 58.4 Å². The molecule has 6 heteroatoms. The van der Waals surface area contributed by atoms with Crippen LogP contribution < -0.4 is 51.4 Å². The Kier molecular flexibility index (Phi) is 7.51. The van der Waals surface area contributed by atoms with Gasteiger partial charge in [-0.3, -0.25) is 0 Å². The van der Waals surface area contributed by atoms with E-state index in [1.807, 2.05) is 19.6 Å². The standard InChI is InChI=1S/C5H13BF3Si.K/c1-10(2,3)5-4-6(7,8)9;/h4-5H2,1-3H3;/q-1;+1. The molecular formula is C5H13BF3KSi. The summed E-state index contributed by atoms with van der Waals surface area (Å²) in [6.45, 7) is 1.33. The summed E-state index contributed by atoms with van der Waals surface area (Å²) in [4.78, 5) is 0. The normalized spacial score (nSPS) is 12.5. The van der Waals surface area contributed by atoms with Crippen LogP contribution in [0.1, 0.15) is 0 Å². The second kappa shape index (κ2) is 5.44. The van der Waals surface area contributed by atoms with E-state index in [2.05, 4.69) is 0 Å². The van der Waals surface area contributed by atoms with Crippen LogP contribution in [0.4, 0.5) is 12.9 Å². The summed E-state index contributed by atoms with van der Waals surface area (Å²) < 4.78 is 35.0. The first-order valence-corrected chi connectivity index (χ1v) is 7.12. The van der Waals surface area contributed by atoms with Gasteiger partial charge in [0.1, 0.15) is 0 Å². The molecular weight excluding hydrogens is 195 g/mol. The van der Waals surface area contributed by atoms with Crippen LogP contribution in [0.15, 0.2) is 0 Å². The molecule has 0 aliphatic carbocycles. The Morgan fingerprint density at radius 2 is 1.45 bits per heavy atom. The molecule has 0 bridgehead atoms. The zero-order chi connectivity index (χ0) is 8.41. The molecule has 0 heterocycles. The summed E-state index contributed by atoms with van der Waals surface area (Å²) >= 11 is 0. The zero-order valence-electron chi connectivity index (χ0n) is 7.63. The summed E-state index contributed by atoms with van der Waals surface area (Å²) in [7, 11) is -1.47. The monoisotopic (exact) mass is 208 g/mol. The largest absolute Gasteiger partial charge is 1.00 e. The van der Waals surface area contributed by atoms with Crippen LogP contribution in [0, 0.1) is 0 Å². The number of hydrogen-bond donors (Lipinski definition) is 0. The van der Waals surface area contributed by atoms with Crippen LogP contribution in [-0.4, -0.2) is 15.1 Å². The minimum atomic E-state index is -4.53. The van der Waals surface area contributed by atoms with Crippen molar-refractivity contribution in [3.8, 4) is 0 Å². The molecule has 0 saturated heterocycles. The van der Waals surface area contributed by atoms with E-state index in [0.29, 0.717) is 6.04 Å². The Balaban J connectivity index is 0. The molecule has 0 atom stereocenters. The van der Waals surface area contributed by atoms with Crippen molar-refractivity contribution in [1.29, 1.82) is 0 Å². The zero-order valence-corrected chi connectivity index (χ0v) is 11.7. The van der Waals surface area contributed by atoms with E-state index < -0.39 is 21.4 Å². The van der Waals surface area contributed by atoms with Crippen molar-refractivity contribution in [1.82, 2.24) is 0 Å². The Morgan fingerprint density at radius 3 is 1.55 bits per heavy atom. The Bertz CT molecular complexity index is 95.3. The van der Waals surface area contributed by atoms with Gasteiger partial charge in [0.25, 0.3) is 0 Å². The molecule has 0 fully saturated rings. The smallest absolute Gasteiger partial charge is 0.449 e. The van der Waals surface area contributed by atoms with Gasteiger partial charge in [0.2, 0.25) is 0 Å². The van der Waals surface area contributed by atoms with Gasteiger partial charge in [0, 0.05) is 8.07 Å². The van der Waals surface area contributed by atoms with E-state index in [9.17, 15) is 12.9 Å². The van der Waals surface area contributed by atoms with Gasteiger partial charge < -0.3 is 12.9 Å². The molecule has 0 aromatic carbocycles. The van der Waals surface area contributed by atoms with Crippen LogP contribution >= 0.6 is 0 Å². The minimum Gasteiger partial charge on any atom is -0.449 e. The third-order valence-corrected chi connectivity index (χ3v) is 3.01. The molecule has 0 saturated carbocycles. The second-order valence-electron chi connectivity index (χ2n) is 3.81. The summed E-state index contributed by atoms with van der Waals surface area (Å²) in [6, 6.07) is 0.372. The van der Waals surface area contributed by atoms with Gasteiger partial charge in [-0.15, -0.1) is 0 Å². The molecule has 0 amide bonds. The first-order valence-electron chi connectivity index (χ1n) is 3.42. The Hall–Kier alpha value is 1.71. The van der Waals surface area contributed by atoms with Crippen LogP contribution in [0.25, 0.3) is 0 Å². The minimum absolute atomic E-state index is 0. The predicted molar refractivity (Wildman–Crippen MR) is 42.0 cm³/mol. The fraction of sp³-hybridized carbons (Fsp3) is 1.00. The van der Waals surface area contributed by atoms with Crippen LogP contribution in [0.5, 0.6) is 0 Å². The van der Waals surface area contributed by atoms with Gasteiger partial charge in [0.05, 0.1) is 0 Å². The van der Waals surface area contributed by atoms with Gasteiger partial charge in [0.15, 0.2) is 0 Å². The maximum Gasteiger partial charge on any atom is 1.00 e. The van der Waals surface area contributed by atoms with Gasteiger partial charge in [-0.2, -0.15) is 0 Å². The molecule has 11 heavy (non-hydrogen) atoms. The van der Waals surface area contributed by atoms with Crippen molar-refractivity contribution >= 4 is 15.1 Å². The molecule has 0 aliphatic heterocycles. The van der Waals surface area contributed by atoms with Gasteiger partial charge in [-0.1, -0.05) is 32.0 Å². The fourth-order valence-electron chi connectivity index (χ4n) is 0.597. The third kappa shape index (κ3) is 14.6. The number of rotatable bonds is 3. The van der Waals surface area contributed by atoms with Crippen LogP contribution in [0.2, 0.25) is 32.0 Å². The van der Waals surface area contributed by atoms with E-state index >= 15 is 0 Å². The molecule has 0 rings (SSSR count). The number of hydrogen-bond acceptors (Lipinski definition) is 0. The maximum absolute atomic E-state index is 11.7. The van der Waals surface area contributed by atoms with Crippen molar-refractivity contribution in [2.75, 3.05) is 0 Å². The first kappa shape index (κ1) is 15.2. The molecule has 0 spiro atoms. The second-order valence-corrected chi connectivity index (χ2v) is 9.43. The molecule has 0 N–H and O–H groups in total. The first-order chi connectivity index (χ1) is 4.21. The van der Waals surface area contributed by atoms with E-state index in [1.165, 1.54) is 0 Å². The quantitative estimate of drug-likeness (QED) is 0.580. The molecule has 0 radical (unpaired) electrons. The molecule has 0 aromatic heterocycles. The fourth-order valence-corrected chi connectivity index (χ4v) is 1.79.